The molecule has 0 bridgehead atoms. The first kappa shape index (κ1) is 20.8. The first-order chi connectivity index (χ1) is 13.3. The maximum absolute atomic E-state index is 12.3. The molecular formula is C19H17ClN4O4. The highest BCUT2D eigenvalue weighted by Crippen LogP contribution is 2.24. The van der Waals surface area contributed by atoms with Gasteiger partial charge in [-0.15, -0.1) is 0 Å². The molecule has 2 aromatic rings. The van der Waals surface area contributed by atoms with Crippen LogP contribution >= 0.6 is 11.6 Å². The van der Waals surface area contributed by atoms with Gasteiger partial charge in [-0.2, -0.15) is 5.10 Å². The number of carbonyl (C=O) groups is 2. The molecule has 0 fully saturated rings. The van der Waals surface area contributed by atoms with Gasteiger partial charge >= 0.3 is 0 Å². The van der Waals surface area contributed by atoms with Crippen molar-refractivity contribution in [2.45, 2.75) is 13.8 Å². The van der Waals surface area contributed by atoms with Crippen molar-refractivity contribution in [3.63, 3.8) is 0 Å². The molecule has 9 heteroatoms. The van der Waals surface area contributed by atoms with E-state index in [1.54, 1.807) is 44.2 Å². The van der Waals surface area contributed by atoms with Crippen LogP contribution in [-0.2, 0) is 4.79 Å². The third-order valence-corrected chi connectivity index (χ3v) is 3.87. The van der Waals surface area contributed by atoms with Crippen molar-refractivity contribution in [1.29, 1.82) is 0 Å². The second-order valence-electron chi connectivity index (χ2n) is 5.86. The maximum atomic E-state index is 12.3. The van der Waals surface area contributed by atoms with Crippen LogP contribution in [0, 0.1) is 10.1 Å². The molecule has 0 aliphatic heterocycles. The number of benzene rings is 2. The Bertz CT molecular complexity index is 967. The highest BCUT2D eigenvalue weighted by atomic mass is 35.5. The van der Waals surface area contributed by atoms with E-state index in [1.807, 2.05) is 0 Å². The minimum absolute atomic E-state index is 0.00152. The molecule has 144 valence electrons. The van der Waals surface area contributed by atoms with Crippen LogP contribution in [0.3, 0.4) is 0 Å². The average Bonchev–Trinajstić information content (AvgIpc) is 2.67. The van der Waals surface area contributed by atoms with Crippen molar-refractivity contribution in [2.24, 2.45) is 5.10 Å². The fourth-order valence-corrected chi connectivity index (χ4v) is 2.34. The number of carbonyl (C=O) groups excluding carboxylic acids is 2. The summed E-state index contributed by atoms with van der Waals surface area (Å²) >= 11 is 5.75. The molecule has 0 atom stereocenters. The second-order valence-corrected chi connectivity index (χ2v) is 6.27. The Morgan fingerprint density at radius 2 is 1.82 bits per heavy atom. The van der Waals surface area contributed by atoms with E-state index >= 15 is 0 Å². The summed E-state index contributed by atoms with van der Waals surface area (Å²) in [5.41, 5.74) is 3.45. The molecule has 28 heavy (non-hydrogen) atoms. The van der Waals surface area contributed by atoms with Crippen molar-refractivity contribution in [3.8, 4) is 0 Å². The standard InChI is InChI=1S/C19H17ClN4O4/c1-12(2)17(22-18(25)14-6-4-3-5-7-14)19(26)23-21-11-13-8-9-15(20)16(10-13)24(27)28/h3-11H,1-2H3,(H,22,25)(H,23,26)/b21-11-. The number of nitro groups is 1. The lowest BCUT2D eigenvalue weighted by atomic mass is 10.2. The number of allylic oxidation sites excluding steroid dienone is 1. The number of amides is 2. The third kappa shape index (κ3) is 5.49. The number of nitrogens with one attached hydrogen (secondary N) is 2. The zero-order valence-corrected chi connectivity index (χ0v) is 15.9. The van der Waals surface area contributed by atoms with Crippen LogP contribution in [0.5, 0.6) is 0 Å². The number of halogens is 1. The minimum Gasteiger partial charge on any atom is -0.317 e. The van der Waals surface area contributed by atoms with Gasteiger partial charge in [0.1, 0.15) is 10.7 Å². The fraction of sp³-hybridized carbons (Fsp3) is 0.105. The van der Waals surface area contributed by atoms with Crippen LogP contribution in [0.1, 0.15) is 29.8 Å². The largest absolute Gasteiger partial charge is 0.317 e. The second kappa shape index (κ2) is 9.43. The van der Waals surface area contributed by atoms with Gasteiger partial charge in [-0.1, -0.05) is 35.9 Å². The summed E-state index contributed by atoms with van der Waals surface area (Å²) < 4.78 is 0. The zero-order valence-electron chi connectivity index (χ0n) is 15.1. The highest BCUT2D eigenvalue weighted by molar-refractivity contribution is 6.32. The van der Waals surface area contributed by atoms with E-state index in [9.17, 15) is 19.7 Å². The summed E-state index contributed by atoms with van der Waals surface area (Å²) in [6, 6.07) is 12.6. The molecule has 0 aromatic heterocycles. The van der Waals surface area contributed by atoms with Crippen molar-refractivity contribution in [3.05, 3.63) is 86.1 Å². The van der Waals surface area contributed by atoms with Gasteiger partial charge in [-0.25, -0.2) is 5.43 Å². The summed E-state index contributed by atoms with van der Waals surface area (Å²) in [5, 5.41) is 17.2. The molecule has 0 spiro atoms. The number of rotatable bonds is 6. The molecule has 0 aliphatic carbocycles. The van der Waals surface area contributed by atoms with Crippen LogP contribution in [0.2, 0.25) is 5.02 Å². The predicted octanol–water partition coefficient (Wildman–Crippen LogP) is 3.42. The van der Waals surface area contributed by atoms with Gasteiger partial charge in [-0.05, 0) is 37.6 Å². The summed E-state index contributed by atoms with van der Waals surface area (Å²) in [7, 11) is 0. The Kier molecular flexibility index (Phi) is 7.00. The summed E-state index contributed by atoms with van der Waals surface area (Å²) in [6.45, 7) is 3.35. The third-order valence-electron chi connectivity index (χ3n) is 3.55. The van der Waals surface area contributed by atoms with Crippen LogP contribution < -0.4 is 10.7 Å². The first-order valence-electron chi connectivity index (χ1n) is 8.11. The van der Waals surface area contributed by atoms with E-state index in [0.717, 1.165) is 0 Å². The molecule has 0 aliphatic rings. The van der Waals surface area contributed by atoms with Gasteiger partial charge in [0.15, 0.2) is 0 Å². The molecule has 2 rings (SSSR count). The van der Waals surface area contributed by atoms with E-state index in [0.29, 0.717) is 16.7 Å². The molecule has 0 heterocycles. The number of hydrogen-bond donors (Lipinski definition) is 2. The highest BCUT2D eigenvalue weighted by Gasteiger charge is 2.15. The fourth-order valence-electron chi connectivity index (χ4n) is 2.16. The molecule has 0 unspecified atom stereocenters. The van der Waals surface area contributed by atoms with E-state index in [1.165, 1.54) is 24.4 Å². The number of hydrazone groups is 1. The summed E-state index contributed by atoms with van der Waals surface area (Å²) in [5.74, 6) is -1.05. The van der Waals surface area contributed by atoms with E-state index in [4.69, 9.17) is 11.6 Å². The molecule has 0 saturated carbocycles. The Morgan fingerprint density at radius 1 is 1.14 bits per heavy atom. The minimum atomic E-state index is -0.621. The van der Waals surface area contributed by atoms with E-state index < -0.39 is 16.7 Å². The van der Waals surface area contributed by atoms with Gasteiger partial charge in [0.2, 0.25) is 0 Å². The van der Waals surface area contributed by atoms with Crippen molar-refractivity contribution >= 4 is 35.3 Å². The molecule has 2 amide bonds. The normalized spacial score (nSPS) is 10.4. The molecule has 8 nitrogen and oxygen atoms in total. The molecular weight excluding hydrogens is 384 g/mol. The van der Waals surface area contributed by atoms with Gasteiger partial charge in [-0.3, -0.25) is 19.7 Å². The first-order valence-corrected chi connectivity index (χ1v) is 8.48. The van der Waals surface area contributed by atoms with Crippen LogP contribution in [0.15, 0.2) is 64.9 Å². The van der Waals surface area contributed by atoms with Crippen LogP contribution in [0.25, 0.3) is 0 Å². The molecule has 0 saturated heterocycles. The number of nitrogens with zero attached hydrogens (tertiary/aromatic N) is 2. The topological polar surface area (TPSA) is 114 Å². The van der Waals surface area contributed by atoms with E-state index in [2.05, 4.69) is 15.8 Å². The lowest BCUT2D eigenvalue weighted by Crippen LogP contribution is -2.33. The monoisotopic (exact) mass is 400 g/mol. The summed E-state index contributed by atoms with van der Waals surface area (Å²) in [4.78, 5) is 34.9. The smallest absolute Gasteiger partial charge is 0.288 e. The lowest BCUT2D eigenvalue weighted by Gasteiger charge is -2.10. The lowest BCUT2D eigenvalue weighted by molar-refractivity contribution is -0.384. The predicted molar refractivity (Wildman–Crippen MR) is 106 cm³/mol. The number of nitro benzene ring substituents is 1. The van der Waals surface area contributed by atoms with Gasteiger partial charge < -0.3 is 5.32 Å². The number of hydrogen-bond acceptors (Lipinski definition) is 5. The van der Waals surface area contributed by atoms with Crippen LogP contribution in [0.4, 0.5) is 5.69 Å². The molecule has 0 radical (unpaired) electrons. The Labute approximate surface area is 166 Å². The van der Waals surface area contributed by atoms with Gasteiger partial charge in [0.25, 0.3) is 17.5 Å². The Hall–Kier alpha value is -3.52. The van der Waals surface area contributed by atoms with Crippen molar-refractivity contribution in [1.82, 2.24) is 10.7 Å². The summed E-state index contributed by atoms with van der Waals surface area (Å²) in [6.07, 6.45) is 1.24. The molecule has 2 aromatic carbocycles. The van der Waals surface area contributed by atoms with Crippen LogP contribution in [-0.4, -0.2) is 23.0 Å². The molecule has 2 N–H and O–H groups in total. The maximum Gasteiger partial charge on any atom is 0.288 e. The quantitative estimate of drug-likeness (QED) is 0.334. The average molecular weight is 401 g/mol. The SMILES string of the molecule is CC(C)=C(NC(=O)c1ccccc1)C(=O)N/N=C\c1ccc(Cl)c([N+](=O)[O-])c1. The van der Waals surface area contributed by atoms with Gasteiger partial charge in [0, 0.05) is 17.2 Å². The van der Waals surface area contributed by atoms with Crippen molar-refractivity contribution in [2.75, 3.05) is 0 Å². The Morgan fingerprint density at radius 3 is 2.43 bits per heavy atom. The Balaban J connectivity index is 2.08. The van der Waals surface area contributed by atoms with Crippen molar-refractivity contribution < 1.29 is 14.5 Å². The van der Waals surface area contributed by atoms with Gasteiger partial charge in [0.05, 0.1) is 11.1 Å². The van der Waals surface area contributed by atoms with E-state index in [-0.39, 0.29) is 16.4 Å². The zero-order chi connectivity index (χ0) is 20.7.